The predicted molar refractivity (Wildman–Crippen MR) is 98.4 cm³/mol. The zero-order chi connectivity index (χ0) is 18.4. The van der Waals surface area contributed by atoms with E-state index in [1.54, 1.807) is 13.8 Å². The number of carbonyl (C=O) groups is 2. The van der Waals surface area contributed by atoms with Gasteiger partial charge in [0.1, 0.15) is 0 Å². The molecule has 0 saturated heterocycles. The van der Waals surface area contributed by atoms with Crippen molar-refractivity contribution in [3.8, 4) is 0 Å². The first-order chi connectivity index (χ1) is 11.9. The Morgan fingerprint density at radius 1 is 0.920 bits per heavy atom. The lowest BCUT2D eigenvalue weighted by atomic mass is 10.1. The van der Waals surface area contributed by atoms with E-state index in [0.717, 1.165) is 28.2 Å². The van der Waals surface area contributed by atoms with E-state index >= 15 is 0 Å². The fourth-order valence-corrected chi connectivity index (χ4v) is 2.45. The van der Waals surface area contributed by atoms with Crippen LogP contribution in [0.5, 0.6) is 0 Å². The first-order valence-corrected chi connectivity index (χ1v) is 7.64. The Kier molecular flexibility index (Phi) is 5.79. The molecule has 0 spiro atoms. The number of ether oxygens (including phenoxy) is 1. The van der Waals surface area contributed by atoms with Crippen molar-refractivity contribution in [1.29, 1.82) is 0 Å². The Morgan fingerprint density at radius 2 is 1.40 bits per heavy atom. The van der Waals surface area contributed by atoms with E-state index in [4.69, 9.17) is 5.11 Å². The van der Waals surface area contributed by atoms with E-state index in [1.165, 1.54) is 13.2 Å². The molecule has 0 aliphatic carbocycles. The average Bonchev–Trinajstić information content (AvgIpc) is 2.54. The molecule has 3 N–H and O–H groups in total. The summed E-state index contributed by atoms with van der Waals surface area (Å²) < 4.78 is 4.62. The van der Waals surface area contributed by atoms with Crippen molar-refractivity contribution in [2.24, 2.45) is 0 Å². The first-order valence-electron chi connectivity index (χ1n) is 7.64. The quantitative estimate of drug-likeness (QED) is 0.549. The minimum absolute atomic E-state index is 0.429. The average molecular weight is 340 g/mol. The van der Waals surface area contributed by atoms with Gasteiger partial charge in [-0.1, -0.05) is 24.3 Å². The number of aliphatic carboxylic acids is 1. The monoisotopic (exact) mass is 340 g/mol. The number of carboxylic acids is 1. The summed E-state index contributed by atoms with van der Waals surface area (Å²) in [4.78, 5) is 22.1. The Labute approximate surface area is 145 Å². The van der Waals surface area contributed by atoms with E-state index in [0.29, 0.717) is 11.4 Å². The van der Waals surface area contributed by atoms with Crippen LogP contribution in [0.4, 0.5) is 11.4 Å². The minimum Gasteiger partial charge on any atom is -0.478 e. The van der Waals surface area contributed by atoms with Crippen LogP contribution in [-0.4, -0.2) is 24.2 Å². The molecule has 0 radical (unpaired) electrons. The molecule has 0 aromatic heterocycles. The molecule has 0 heterocycles. The van der Waals surface area contributed by atoms with Crippen LogP contribution in [0.25, 0.3) is 10.8 Å². The molecule has 0 atom stereocenters. The molecule has 2 aromatic rings. The number of benzene rings is 2. The maximum Gasteiger partial charge on any atom is 0.332 e. The van der Waals surface area contributed by atoms with Gasteiger partial charge in [-0.25, -0.2) is 9.59 Å². The fourth-order valence-electron chi connectivity index (χ4n) is 2.45. The zero-order valence-electron chi connectivity index (χ0n) is 14.3. The summed E-state index contributed by atoms with van der Waals surface area (Å²) in [5.74, 6) is -1.43. The number of hydrogen-bond donors (Lipinski definition) is 3. The molecule has 6 heteroatoms. The highest BCUT2D eigenvalue weighted by molar-refractivity contribution is 6.02. The molecular weight excluding hydrogens is 320 g/mol. The molecule has 0 aliphatic heterocycles. The van der Waals surface area contributed by atoms with Gasteiger partial charge >= 0.3 is 11.9 Å². The third kappa shape index (κ3) is 4.84. The minimum atomic E-state index is -1.00. The lowest BCUT2D eigenvalue weighted by Gasteiger charge is -2.14. The number of anilines is 2. The van der Waals surface area contributed by atoms with Crippen molar-refractivity contribution < 1.29 is 19.4 Å². The zero-order valence-corrected chi connectivity index (χ0v) is 14.3. The Morgan fingerprint density at radius 3 is 1.84 bits per heavy atom. The summed E-state index contributed by atoms with van der Waals surface area (Å²) in [6, 6.07) is 11.4. The normalized spacial score (nSPS) is 12.0. The third-order valence-corrected chi connectivity index (χ3v) is 3.46. The SMILES string of the molecule is COC(=O)C=C(C)Nc1cccc2c(NC(C)=CC(=O)O)cccc12. The Bertz CT molecular complexity index is 869. The van der Waals surface area contributed by atoms with Crippen LogP contribution in [-0.2, 0) is 14.3 Å². The number of fused-ring (bicyclic) bond motifs is 1. The van der Waals surface area contributed by atoms with Gasteiger partial charge in [0.2, 0.25) is 0 Å². The Balaban J connectivity index is 2.39. The molecule has 0 saturated carbocycles. The summed E-state index contributed by atoms with van der Waals surface area (Å²) in [7, 11) is 1.33. The van der Waals surface area contributed by atoms with Crippen molar-refractivity contribution in [1.82, 2.24) is 0 Å². The summed E-state index contributed by atoms with van der Waals surface area (Å²) in [5, 5.41) is 17.0. The number of methoxy groups -OCH3 is 1. The second-order valence-electron chi connectivity index (χ2n) is 5.47. The van der Waals surface area contributed by atoms with Gasteiger partial charge in [0.25, 0.3) is 0 Å². The predicted octanol–water partition coefficient (Wildman–Crippen LogP) is 3.73. The summed E-state index contributed by atoms with van der Waals surface area (Å²) in [6.07, 6.45) is 2.49. The van der Waals surface area contributed by atoms with E-state index in [-0.39, 0.29) is 0 Å². The highest BCUT2D eigenvalue weighted by Crippen LogP contribution is 2.30. The van der Waals surface area contributed by atoms with Gasteiger partial charge in [0.05, 0.1) is 7.11 Å². The number of esters is 1. The van der Waals surface area contributed by atoms with E-state index in [9.17, 15) is 9.59 Å². The van der Waals surface area contributed by atoms with Gasteiger partial charge in [-0.15, -0.1) is 0 Å². The maximum absolute atomic E-state index is 11.3. The molecule has 2 rings (SSSR count). The second-order valence-corrected chi connectivity index (χ2v) is 5.47. The summed E-state index contributed by atoms with van der Waals surface area (Å²) in [6.45, 7) is 3.47. The van der Waals surface area contributed by atoms with Crippen LogP contribution in [0.15, 0.2) is 59.9 Å². The van der Waals surface area contributed by atoms with Crippen molar-refractivity contribution >= 4 is 34.1 Å². The number of rotatable bonds is 6. The summed E-state index contributed by atoms with van der Waals surface area (Å²) in [5.41, 5.74) is 2.81. The third-order valence-electron chi connectivity index (χ3n) is 3.46. The van der Waals surface area contributed by atoms with Gasteiger partial charge in [-0.05, 0) is 26.0 Å². The first kappa shape index (κ1) is 18.1. The van der Waals surface area contributed by atoms with E-state index in [2.05, 4.69) is 15.4 Å². The molecule has 2 aromatic carbocycles. The van der Waals surface area contributed by atoms with Crippen molar-refractivity contribution in [3.63, 3.8) is 0 Å². The standard InChI is InChI=1S/C19H20N2O4/c1-12(10-18(22)23)20-16-8-4-7-15-14(16)6-5-9-17(15)21-13(2)11-19(24)25-3/h4-11,20-21H,1-3H3,(H,22,23). The van der Waals surface area contributed by atoms with Gasteiger partial charge in [-0.2, -0.15) is 0 Å². The van der Waals surface area contributed by atoms with Crippen LogP contribution in [0.3, 0.4) is 0 Å². The maximum atomic E-state index is 11.3. The number of allylic oxidation sites excluding steroid dienone is 2. The van der Waals surface area contributed by atoms with Crippen LogP contribution >= 0.6 is 0 Å². The lowest BCUT2D eigenvalue weighted by Crippen LogP contribution is -2.03. The number of nitrogens with one attached hydrogen (secondary N) is 2. The van der Waals surface area contributed by atoms with Crippen LogP contribution in [0.1, 0.15) is 13.8 Å². The number of carboxylic acid groups (broad SMARTS) is 1. The number of hydrogen-bond acceptors (Lipinski definition) is 5. The molecule has 0 amide bonds. The molecule has 130 valence electrons. The van der Waals surface area contributed by atoms with Crippen molar-refractivity contribution in [2.75, 3.05) is 17.7 Å². The van der Waals surface area contributed by atoms with Crippen molar-refractivity contribution in [3.05, 3.63) is 59.9 Å². The molecule has 6 nitrogen and oxygen atoms in total. The second kappa shape index (κ2) is 8.01. The van der Waals surface area contributed by atoms with Gasteiger partial charge in [-0.3, -0.25) is 0 Å². The Hall–Kier alpha value is -3.28. The molecule has 0 unspecified atom stereocenters. The van der Waals surface area contributed by atoms with Gasteiger partial charge < -0.3 is 20.5 Å². The number of carbonyl (C=O) groups excluding carboxylic acids is 1. The lowest BCUT2D eigenvalue weighted by molar-refractivity contribution is -0.135. The molecule has 0 aliphatic rings. The molecule has 25 heavy (non-hydrogen) atoms. The molecule has 0 fully saturated rings. The molecule has 0 bridgehead atoms. The van der Waals surface area contributed by atoms with Gasteiger partial charge in [0.15, 0.2) is 0 Å². The van der Waals surface area contributed by atoms with Crippen molar-refractivity contribution in [2.45, 2.75) is 13.8 Å². The smallest absolute Gasteiger partial charge is 0.332 e. The highest BCUT2D eigenvalue weighted by Gasteiger charge is 2.06. The van der Waals surface area contributed by atoms with Crippen LogP contribution < -0.4 is 10.6 Å². The largest absolute Gasteiger partial charge is 0.478 e. The van der Waals surface area contributed by atoms with Crippen LogP contribution in [0.2, 0.25) is 0 Å². The van der Waals surface area contributed by atoms with E-state index < -0.39 is 11.9 Å². The van der Waals surface area contributed by atoms with E-state index in [1.807, 2.05) is 36.4 Å². The van der Waals surface area contributed by atoms with Gasteiger partial charge in [0, 0.05) is 45.7 Å². The highest BCUT2D eigenvalue weighted by atomic mass is 16.5. The summed E-state index contributed by atoms with van der Waals surface area (Å²) >= 11 is 0. The molecular formula is C19H20N2O4. The fraction of sp³-hybridized carbons (Fsp3) is 0.158. The topological polar surface area (TPSA) is 87.7 Å². The van der Waals surface area contributed by atoms with Crippen LogP contribution in [0, 0.1) is 0 Å².